The van der Waals surface area contributed by atoms with Gasteiger partial charge in [-0.05, 0) is 67.4 Å². The van der Waals surface area contributed by atoms with Crippen molar-refractivity contribution < 1.29 is 19.7 Å². The van der Waals surface area contributed by atoms with Crippen LogP contribution in [0.5, 0.6) is 5.75 Å². The molecule has 1 aliphatic rings. The summed E-state index contributed by atoms with van der Waals surface area (Å²) in [7, 11) is 2.01. The number of aliphatic imine (C=N–C) groups is 2. The standard InChI is InChI=1S/C29H37N3O4/c1-20-17-26(13-11-24(20)12-14-27(33)34)36-18-21(2)28(30-4)22(3)35-19-23-7-9-25(10-8-23)29-31-15-6-16-32(29)5/h6-11,13,15-17,21,27,29,33-34H,4,12,14,18-19H2,1-3,5H3/b28-22-. The Bertz CT molecular complexity index is 1110. The molecule has 3 rings (SSSR count). The van der Waals surface area contributed by atoms with Gasteiger partial charge in [0.25, 0.3) is 0 Å². The molecule has 2 unspecified atom stereocenters. The maximum atomic E-state index is 9.09. The van der Waals surface area contributed by atoms with Crippen molar-refractivity contribution in [2.24, 2.45) is 15.9 Å². The molecular weight excluding hydrogens is 454 g/mol. The molecule has 0 aliphatic carbocycles. The smallest absolute Gasteiger partial charge is 0.151 e. The topological polar surface area (TPSA) is 86.9 Å². The molecule has 0 fully saturated rings. The average molecular weight is 492 g/mol. The van der Waals surface area contributed by atoms with Crippen molar-refractivity contribution in [3.8, 4) is 5.75 Å². The number of hydrogen-bond donors (Lipinski definition) is 2. The van der Waals surface area contributed by atoms with Crippen molar-refractivity contribution >= 4 is 12.9 Å². The normalized spacial score (nSPS) is 16.6. The molecule has 0 saturated heterocycles. The molecule has 192 valence electrons. The van der Waals surface area contributed by atoms with E-state index in [4.69, 9.17) is 19.7 Å². The molecule has 2 N–H and O–H groups in total. The number of hydrogen-bond acceptors (Lipinski definition) is 7. The van der Waals surface area contributed by atoms with Crippen LogP contribution in [0.15, 0.2) is 76.2 Å². The maximum Gasteiger partial charge on any atom is 0.151 e. The Hall–Kier alpha value is -3.42. The number of allylic oxidation sites excluding steroid dienone is 2. The SMILES string of the molecule is C=N/C(=C(/C)OCc1ccc(C2N=CC=CN2C)cc1)C(C)COc1ccc(CCC(O)O)c(C)c1. The fourth-order valence-corrected chi connectivity index (χ4v) is 4.10. The van der Waals surface area contributed by atoms with E-state index >= 15 is 0 Å². The van der Waals surface area contributed by atoms with Gasteiger partial charge in [-0.15, -0.1) is 0 Å². The summed E-state index contributed by atoms with van der Waals surface area (Å²) in [6, 6.07) is 14.1. The molecule has 7 heteroatoms. The molecular formula is C29H37N3O4. The number of aliphatic hydroxyl groups excluding tert-OH is 1. The second-order valence-electron chi connectivity index (χ2n) is 9.13. The minimum absolute atomic E-state index is 0.00236. The third-order valence-corrected chi connectivity index (χ3v) is 6.24. The Morgan fingerprint density at radius 3 is 2.58 bits per heavy atom. The number of aliphatic hydroxyl groups is 2. The lowest BCUT2D eigenvalue weighted by Crippen LogP contribution is -2.19. The van der Waals surface area contributed by atoms with E-state index in [9.17, 15) is 0 Å². The van der Waals surface area contributed by atoms with E-state index < -0.39 is 6.29 Å². The molecule has 0 spiro atoms. The molecule has 2 atom stereocenters. The van der Waals surface area contributed by atoms with Crippen LogP contribution in [-0.4, -0.2) is 48.0 Å². The highest BCUT2D eigenvalue weighted by atomic mass is 16.5. The second-order valence-corrected chi connectivity index (χ2v) is 9.13. The van der Waals surface area contributed by atoms with Gasteiger partial charge in [0.2, 0.25) is 0 Å². The van der Waals surface area contributed by atoms with Gasteiger partial charge in [-0.25, -0.2) is 0 Å². The van der Waals surface area contributed by atoms with Crippen LogP contribution < -0.4 is 4.74 Å². The molecule has 1 heterocycles. The molecule has 1 aliphatic heterocycles. The van der Waals surface area contributed by atoms with Crippen molar-refractivity contribution in [2.75, 3.05) is 13.7 Å². The second kappa shape index (κ2) is 13.0. The van der Waals surface area contributed by atoms with E-state index in [2.05, 4.69) is 45.9 Å². The summed E-state index contributed by atoms with van der Waals surface area (Å²) >= 11 is 0. The van der Waals surface area contributed by atoms with E-state index in [-0.39, 0.29) is 12.1 Å². The van der Waals surface area contributed by atoms with Gasteiger partial charge in [-0.3, -0.25) is 9.98 Å². The van der Waals surface area contributed by atoms with Crippen LogP contribution in [0, 0.1) is 12.8 Å². The maximum absolute atomic E-state index is 9.09. The Morgan fingerprint density at radius 2 is 1.94 bits per heavy atom. The Kier molecular flexibility index (Phi) is 9.85. The van der Waals surface area contributed by atoms with Gasteiger partial charge in [-0.2, -0.15) is 0 Å². The third-order valence-electron chi connectivity index (χ3n) is 6.24. The van der Waals surface area contributed by atoms with Crippen LogP contribution in [-0.2, 0) is 17.8 Å². The number of nitrogens with zero attached hydrogens (tertiary/aromatic N) is 3. The highest BCUT2D eigenvalue weighted by Crippen LogP contribution is 2.25. The first-order chi connectivity index (χ1) is 17.3. The lowest BCUT2D eigenvalue weighted by molar-refractivity contribution is -0.0447. The predicted molar refractivity (Wildman–Crippen MR) is 144 cm³/mol. The largest absolute Gasteiger partial charge is 0.493 e. The number of rotatable bonds is 12. The van der Waals surface area contributed by atoms with Gasteiger partial charge < -0.3 is 24.6 Å². The molecule has 0 aromatic heterocycles. The zero-order valence-electron chi connectivity index (χ0n) is 21.6. The fraction of sp³-hybridized carbons (Fsp3) is 0.379. The quantitative estimate of drug-likeness (QED) is 0.250. The Balaban J connectivity index is 1.55. The number of ether oxygens (including phenoxy) is 2. The fourth-order valence-electron chi connectivity index (χ4n) is 4.10. The number of aryl methyl sites for hydroxylation is 2. The van der Waals surface area contributed by atoms with Crippen molar-refractivity contribution in [3.63, 3.8) is 0 Å². The zero-order chi connectivity index (χ0) is 26.1. The molecule has 0 saturated carbocycles. The van der Waals surface area contributed by atoms with Gasteiger partial charge in [0, 0.05) is 31.8 Å². The van der Waals surface area contributed by atoms with E-state index in [1.54, 1.807) is 0 Å². The third kappa shape index (κ3) is 7.54. The van der Waals surface area contributed by atoms with Gasteiger partial charge >= 0.3 is 0 Å². The summed E-state index contributed by atoms with van der Waals surface area (Å²) in [5, 5.41) is 18.2. The van der Waals surface area contributed by atoms with E-state index in [1.807, 2.05) is 64.5 Å². The van der Waals surface area contributed by atoms with Crippen LogP contribution >= 0.6 is 0 Å². The lowest BCUT2D eigenvalue weighted by Gasteiger charge is -2.25. The van der Waals surface area contributed by atoms with Crippen LogP contribution in [0.25, 0.3) is 0 Å². The molecule has 0 bridgehead atoms. The molecule has 7 nitrogen and oxygen atoms in total. The summed E-state index contributed by atoms with van der Waals surface area (Å²) in [5.74, 6) is 1.47. The molecule has 2 aromatic rings. The highest BCUT2D eigenvalue weighted by Gasteiger charge is 2.16. The summed E-state index contributed by atoms with van der Waals surface area (Å²) in [6.45, 7) is 10.5. The van der Waals surface area contributed by atoms with Crippen LogP contribution in [0.1, 0.15) is 48.7 Å². The summed E-state index contributed by atoms with van der Waals surface area (Å²) in [4.78, 5) is 10.8. The molecule has 36 heavy (non-hydrogen) atoms. The molecule has 2 aromatic carbocycles. The minimum atomic E-state index is -1.29. The zero-order valence-corrected chi connectivity index (χ0v) is 21.6. The van der Waals surface area contributed by atoms with Gasteiger partial charge in [0.05, 0.1) is 12.3 Å². The van der Waals surface area contributed by atoms with E-state index in [1.165, 1.54) is 0 Å². The number of benzene rings is 2. The average Bonchev–Trinajstić information content (AvgIpc) is 2.86. The molecule has 0 radical (unpaired) electrons. The first kappa shape index (κ1) is 27.2. The monoisotopic (exact) mass is 491 g/mol. The summed E-state index contributed by atoms with van der Waals surface area (Å²) in [6.07, 6.45) is 5.39. The van der Waals surface area contributed by atoms with Crippen molar-refractivity contribution in [1.29, 1.82) is 0 Å². The summed E-state index contributed by atoms with van der Waals surface area (Å²) in [5.41, 5.74) is 5.09. The van der Waals surface area contributed by atoms with Crippen LogP contribution in [0.2, 0.25) is 0 Å². The Morgan fingerprint density at radius 1 is 1.19 bits per heavy atom. The van der Waals surface area contributed by atoms with Crippen molar-refractivity contribution in [3.05, 3.63) is 88.5 Å². The Labute approximate surface area is 214 Å². The van der Waals surface area contributed by atoms with Gasteiger partial charge in [0.1, 0.15) is 24.3 Å². The first-order valence-corrected chi connectivity index (χ1v) is 12.2. The minimum Gasteiger partial charge on any atom is -0.493 e. The summed E-state index contributed by atoms with van der Waals surface area (Å²) < 4.78 is 12.0. The first-order valence-electron chi connectivity index (χ1n) is 12.2. The van der Waals surface area contributed by atoms with Crippen molar-refractivity contribution in [1.82, 2.24) is 4.90 Å². The van der Waals surface area contributed by atoms with E-state index in [0.717, 1.165) is 39.5 Å². The van der Waals surface area contributed by atoms with Gasteiger partial charge in [-0.1, -0.05) is 37.3 Å². The lowest BCUT2D eigenvalue weighted by atomic mass is 10.0. The molecule has 0 amide bonds. The highest BCUT2D eigenvalue weighted by molar-refractivity contribution is 5.72. The van der Waals surface area contributed by atoms with Crippen molar-refractivity contribution in [2.45, 2.75) is 52.7 Å². The van der Waals surface area contributed by atoms with Crippen LogP contribution in [0.4, 0.5) is 0 Å². The predicted octanol–water partition coefficient (Wildman–Crippen LogP) is 4.93. The van der Waals surface area contributed by atoms with Gasteiger partial charge in [0.15, 0.2) is 6.29 Å². The van der Waals surface area contributed by atoms with Crippen LogP contribution in [0.3, 0.4) is 0 Å². The van der Waals surface area contributed by atoms with E-state index in [0.29, 0.717) is 26.1 Å².